The van der Waals surface area contributed by atoms with Crippen molar-refractivity contribution in [3.63, 3.8) is 0 Å². The molecule has 0 fully saturated rings. The number of nitrogens with zero attached hydrogens (tertiary/aromatic N) is 1. The van der Waals surface area contributed by atoms with Crippen molar-refractivity contribution in [1.82, 2.24) is 5.32 Å². The molecule has 6 heteroatoms. The van der Waals surface area contributed by atoms with Crippen LogP contribution in [-0.2, 0) is 16.0 Å². The number of benzene rings is 1. The molecule has 0 aromatic heterocycles. The van der Waals surface area contributed by atoms with Gasteiger partial charge in [-0.15, -0.1) is 0 Å². The van der Waals surface area contributed by atoms with Gasteiger partial charge in [0.15, 0.2) is 0 Å². The van der Waals surface area contributed by atoms with E-state index in [9.17, 15) is 9.59 Å². The second-order valence-electron chi connectivity index (χ2n) is 5.37. The molecule has 1 N–H and O–H groups in total. The lowest BCUT2D eigenvalue weighted by Gasteiger charge is -2.26. The minimum Gasteiger partial charge on any atom is -0.453 e. The number of amides is 2. The third-order valence-electron chi connectivity index (χ3n) is 3.60. The highest BCUT2D eigenvalue weighted by molar-refractivity contribution is 9.10. The lowest BCUT2D eigenvalue weighted by molar-refractivity contribution is -0.121. The second-order valence-corrected chi connectivity index (χ2v) is 6.29. The highest BCUT2D eigenvalue weighted by Gasteiger charge is 2.33. The summed E-state index contributed by atoms with van der Waals surface area (Å²) in [6, 6.07) is 5.34. The van der Waals surface area contributed by atoms with Crippen molar-refractivity contribution in [2.75, 3.05) is 18.6 Å². The molecule has 1 aromatic rings. The molecule has 2 amide bonds. The van der Waals surface area contributed by atoms with Crippen LogP contribution in [0.4, 0.5) is 10.5 Å². The van der Waals surface area contributed by atoms with Crippen LogP contribution in [0, 0.1) is 5.92 Å². The highest BCUT2D eigenvalue weighted by atomic mass is 79.9. The first-order valence-corrected chi connectivity index (χ1v) is 7.67. The summed E-state index contributed by atoms with van der Waals surface area (Å²) in [6.45, 7) is 4.43. The monoisotopic (exact) mass is 354 g/mol. The molecule has 2 rings (SSSR count). The summed E-state index contributed by atoms with van der Waals surface area (Å²) >= 11 is 3.43. The predicted molar refractivity (Wildman–Crippen MR) is 84.4 cm³/mol. The zero-order chi connectivity index (χ0) is 15.6. The Morgan fingerprint density at radius 3 is 2.71 bits per heavy atom. The minimum atomic E-state index is -0.595. The summed E-state index contributed by atoms with van der Waals surface area (Å²) in [5, 5.41) is 2.62. The number of alkyl carbamates (subject to hydrolysis) is 1. The van der Waals surface area contributed by atoms with Crippen LogP contribution in [0.25, 0.3) is 0 Å². The summed E-state index contributed by atoms with van der Waals surface area (Å²) in [4.78, 5) is 25.9. The van der Waals surface area contributed by atoms with Crippen LogP contribution in [0.15, 0.2) is 22.7 Å². The van der Waals surface area contributed by atoms with Crippen molar-refractivity contribution in [1.29, 1.82) is 0 Å². The number of hydrogen-bond acceptors (Lipinski definition) is 3. The van der Waals surface area contributed by atoms with Gasteiger partial charge in [-0.2, -0.15) is 0 Å². The Kier molecular flexibility index (Phi) is 4.88. The summed E-state index contributed by atoms with van der Waals surface area (Å²) in [5.41, 5.74) is 2.05. The van der Waals surface area contributed by atoms with Crippen LogP contribution in [0.1, 0.15) is 19.4 Å². The fourth-order valence-electron chi connectivity index (χ4n) is 2.45. The summed E-state index contributed by atoms with van der Waals surface area (Å²) in [5.74, 6) is -0.125. The molecular formula is C15H19BrN2O3. The number of nitrogens with one attached hydrogen (secondary N) is 1. The van der Waals surface area contributed by atoms with Crippen LogP contribution in [0.3, 0.4) is 0 Å². The molecule has 114 valence electrons. The number of halogens is 1. The molecule has 0 saturated carbocycles. The Balaban J connectivity index is 2.23. The topological polar surface area (TPSA) is 58.6 Å². The minimum absolute atomic E-state index is 0.0206. The lowest BCUT2D eigenvalue weighted by Crippen LogP contribution is -2.51. The van der Waals surface area contributed by atoms with Gasteiger partial charge in [0.05, 0.1) is 7.11 Å². The molecule has 1 atom stereocenters. The van der Waals surface area contributed by atoms with Gasteiger partial charge >= 0.3 is 6.09 Å². The van der Waals surface area contributed by atoms with Crippen LogP contribution >= 0.6 is 15.9 Å². The largest absolute Gasteiger partial charge is 0.453 e. The smallest absolute Gasteiger partial charge is 0.407 e. The number of carbonyl (C=O) groups is 2. The third kappa shape index (κ3) is 3.37. The van der Waals surface area contributed by atoms with Crippen LogP contribution < -0.4 is 10.2 Å². The van der Waals surface area contributed by atoms with Crippen molar-refractivity contribution < 1.29 is 14.3 Å². The molecule has 1 aromatic carbocycles. The van der Waals surface area contributed by atoms with E-state index in [4.69, 9.17) is 0 Å². The van der Waals surface area contributed by atoms with E-state index in [1.807, 2.05) is 32.0 Å². The van der Waals surface area contributed by atoms with E-state index in [0.29, 0.717) is 6.54 Å². The van der Waals surface area contributed by atoms with E-state index >= 15 is 0 Å². The molecule has 1 unspecified atom stereocenters. The van der Waals surface area contributed by atoms with Gasteiger partial charge in [0, 0.05) is 16.7 Å². The Morgan fingerprint density at radius 1 is 1.38 bits per heavy atom. The molecule has 0 radical (unpaired) electrons. The van der Waals surface area contributed by atoms with E-state index in [-0.39, 0.29) is 11.8 Å². The van der Waals surface area contributed by atoms with E-state index < -0.39 is 12.1 Å². The van der Waals surface area contributed by atoms with Crippen LogP contribution in [0.5, 0.6) is 0 Å². The fourth-order valence-corrected chi connectivity index (χ4v) is 2.80. The molecule has 0 spiro atoms. The lowest BCUT2D eigenvalue weighted by atomic mass is 10.0. The molecule has 1 aliphatic heterocycles. The quantitative estimate of drug-likeness (QED) is 0.907. The number of rotatable bonds is 3. The molecular weight excluding hydrogens is 336 g/mol. The maximum atomic E-state index is 12.8. The average Bonchev–Trinajstić information content (AvgIpc) is 2.86. The van der Waals surface area contributed by atoms with E-state index in [1.54, 1.807) is 4.90 Å². The first-order chi connectivity index (χ1) is 9.93. The first-order valence-electron chi connectivity index (χ1n) is 6.88. The van der Waals surface area contributed by atoms with Gasteiger partial charge < -0.3 is 15.0 Å². The highest BCUT2D eigenvalue weighted by Crippen LogP contribution is 2.31. The fraction of sp³-hybridized carbons (Fsp3) is 0.467. The van der Waals surface area contributed by atoms with Crippen LogP contribution in [0.2, 0.25) is 0 Å². The average molecular weight is 355 g/mol. The molecule has 1 aliphatic rings. The molecule has 0 bridgehead atoms. The maximum absolute atomic E-state index is 12.8. The predicted octanol–water partition coefficient (Wildman–Crippen LogP) is 2.72. The molecule has 5 nitrogen and oxygen atoms in total. The van der Waals surface area contributed by atoms with Crippen LogP contribution in [-0.4, -0.2) is 31.7 Å². The molecule has 1 heterocycles. The number of methoxy groups -OCH3 is 1. The summed E-state index contributed by atoms with van der Waals surface area (Å²) in [7, 11) is 1.29. The number of hydrogen-bond donors (Lipinski definition) is 1. The van der Waals surface area contributed by atoms with Crippen molar-refractivity contribution in [3.05, 3.63) is 28.2 Å². The third-order valence-corrected chi connectivity index (χ3v) is 4.09. The number of ether oxygens (including phenoxy) is 1. The molecule has 0 aliphatic carbocycles. The van der Waals surface area contributed by atoms with E-state index in [1.165, 1.54) is 7.11 Å². The van der Waals surface area contributed by atoms with Gasteiger partial charge in [0.25, 0.3) is 0 Å². The van der Waals surface area contributed by atoms with Gasteiger partial charge in [-0.3, -0.25) is 4.79 Å². The van der Waals surface area contributed by atoms with Crippen molar-refractivity contribution >= 4 is 33.6 Å². The first kappa shape index (κ1) is 15.8. The van der Waals surface area contributed by atoms with Gasteiger partial charge in [0.1, 0.15) is 6.04 Å². The van der Waals surface area contributed by atoms with Gasteiger partial charge in [-0.1, -0.05) is 35.8 Å². The number of fused-ring (bicyclic) bond motifs is 1. The Labute approximate surface area is 132 Å². The normalized spacial score (nSPS) is 14.8. The van der Waals surface area contributed by atoms with Gasteiger partial charge in [-0.05, 0) is 30.0 Å². The SMILES string of the molecule is COC(=O)NC(C(=O)N1CCc2ccc(Br)cc21)C(C)C. The standard InChI is InChI=1S/C15H19BrN2O3/c1-9(2)13(17-15(20)21-3)14(19)18-7-6-10-4-5-11(16)8-12(10)18/h4-5,8-9,13H,6-7H2,1-3H3,(H,17,20). The van der Waals surface area contributed by atoms with Crippen molar-refractivity contribution in [3.8, 4) is 0 Å². The number of anilines is 1. The Hall–Kier alpha value is -1.56. The summed E-state index contributed by atoms with van der Waals surface area (Å²) < 4.78 is 5.54. The zero-order valence-electron chi connectivity index (χ0n) is 12.4. The van der Waals surface area contributed by atoms with E-state index in [2.05, 4.69) is 26.0 Å². The second kappa shape index (κ2) is 6.47. The zero-order valence-corrected chi connectivity index (χ0v) is 13.9. The van der Waals surface area contributed by atoms with Gasteiger partial charge in [0.2, 0.25) is 5.91 Å². The molecule has 21 heavy (non-hydrogen) atoms. The Bertz CT molecular complexity index is 560. The summed E-state index contributed by atoms with van der Waals surface area (Å²) in [6.07, 6.45) is 0.243. The number of carbonyl (C=O) groups excluding carboxylic acids is 2. The maximum Gasteiger partial charge on any atom is 0.407 e. The van der Waals surface area contributed by atoms with E-state index in [0.717, 1.165) is 22.1 Å². The van der Waals surface area contributed by atoms with Crippen molar-refractivity contribution in [2.45, 2.75) is 26.3 Å². The van der Waals surface area contributed by atoms with Gasteiger partial charge in [-0.25, -0.2) is 4.79 Å². The molecule has 0 saturated heterocycles. The van der Waals surface area contributed by atoms with Crippen molar-refractivity contribution in [2.24, 2.45) is 5.92 Å². The Morgan fingerprint density at radius 2 is 2.10 bits per heavy atom.